The molecule has 1 atom stereocenters. The third-order valence-corrected chi connectivity index (χ3v) is 3.67. The van der Waals surface area contributed by atoms with E-state index in [-0.39, 0.29) is 18.3 Å². The number of amides is 1. The number of aromatic nitrogens is 1. The van der Waals surface area contributed by atoms with E-state index in [1.807, 2.05) is 6.26 Å². The predicted octanol–water partition coefficient (Wildman–Crippen LogP) is 1.57. The van der Waals surface area contributed by atoms with Crippen LogP contribution in [0.2, 0.25) is 0 Å². The Labute approximate surface area is 132 Å². The smallest absolute Gasteiger partial charge is 0.408 e. The van der Waals surface area contributed by atoms with Crippen molar-refractivity contribution in [2.45, 2.75) is 12.5 Å². The largest absolute Gasteiger partial charge is 0.419 e. The Kier molecular flexibility index (Phi) is 6.32. The summed E-state index contributed by atoms with van der Waals surface area (Å²) in [4.78, 5) is 23.3. The zero-order valence-corrected chi connectivity index (χ0v) is 13.4. The van der Waals surface area contributed by atoms with Crippen molar-refractivity contribution in [1.82, 2.24) is 4.57 Å². The Morgan fingerprint density at radius 3 is 2.90 bits per heavy atom. The first-order valence-corrected chi connectivity index (χ1v) is 7.57. The van der Waals surface area contributed by atoms with Crippen molar-refractivity contribution >= 4 is 46.9 Å². The summed E-state index contributed by atoms with van der Waals surface area (Å²) >= 11 is 1.65. The van der Waals surface area contributed by atoms with Crippen molar-refractivity contribution in [2.24, 2.45) is 12.8 Å². The first-order chi connectivity index (χ1) is 9.52. The van der Waals surface area contributed by atoms with E-state index in [4.69, 9.17) is 10.2 Å². The molecule has 2 aromatic rings. The van der Waals surface area contributed by atoms with Crippen molar-refractivity contribution in [1.29, 1.82) is 0 Å². The van der Waals surface area contributed by atoms with E-state index in [2.05, 4.69) is 5.32 Å². The zero-order chi connectivity index (χ0) is 14.7. The van der Waals surface area contributed by atoms with Crippen LogP contribution in [-0.2, 0) is 11.8 Å². The van der Waals surface area contributed by atoms with E-state index in [0.29, 0.717) is 23.2 Å². The number of nitrogens with two attached hydrogens (primary N) is 1. The van der Waals surface area contributed by atoms with Gasteiger partial charge in [0.1, 0.15) is 0 Å². The van der Waals surface area contributed by atoms with Crippen LogP contribution in [0.15, 0.2) is 27.4 Å². The molecule has 0 spiro atoms. The van der Waals surface area contributed by atoms with Gasteiger partial charge < -0.3 is 15.5 Å². The highest BCUT2D eigenvalue weighted by molar-refractivity contribution is 7.98. The van der Waals surface area contributed by atoms with E-state index in [1.165, 1.54) is 4.57 Å². The second-order valence-corrected chi connectivity index (χ2v) is 5.47. The molecule has 0 unspecified atom stereocenters. The number of oxazole rings is 1. The number of hydrogen-bond donors (Lipinski definition) is 2. The highest BCUT2D eigenvalue weighted by atomic mass is 35.5. The fraction of sp³-hybridized carbons (Fsp3) is 0.385. The minimum Gasteiger partial charge on any atom is -0.408 e. The van der Waals surface area contributed by atoms with Gasteiger partial charge in [0.15, 0.2) is 5.58 Å². The van der Waals surface area contributed by atoms with Gasteiger partial charge in [0, 0.05) is 18.8 Å². The number of fused-ring (bicyclic) bond motifs is 1. The van der Waals surface area contributed by atoms with Gasteiger partial charge in [-0.1, -0.05) is 0 Å². The molecule has 116 valence electrons. The summed E-state index contributed by atoms with van der Waals surface area (Å²) in [6, 6.07) is 4.52. The van der Waals surface area contributed by atoms with Crippen molar-refractivity contribution < 1.29 is 9.21 Å². The highest BCUT2D eigenvalue weighted by Gasteiger charge is 2.14. The molecular weight excluding hydrogens is 314 g/mol. The van der Waals surface area contributed by atoms with Crippen molar-refractivity contribution in [3.8, 4) is 0 Å². The van der Waals surface area contributed by atoms with E-state index >= 15 is 0 Å². The van der Waals surface area contributed by atoms with Gasteiger partial charge in [0.05, 0.1) is 11.6 Å². The molecule has 1 aromatic carbocycles. The average molecular weight is 332 g/mol. The average Bonchev–Trinajstić information content (AvgIpc) is 2.71. The Morgan fingerprint density at radius 1 is 1.52 bits per heavy atom. The molecule has 0 aliphatic rings. The SMILES string of the molecule is CSCC[C@H](N)C(=O)Nc1ccc2c(c1)oc(=O)n2C.Cl. The fourth-order valence-corrected chi connectivity index (χ4v) is 2.31. The molecule has 0 aliphatic carbocycles. The van der Waals surface area contributed by atoms with Crippen molar-refractivity contribution in [3.05, 3.63) is 28.7 Å². The molecule has 2 rings (SSSR count). The fourth-order valence-electron chi connectivity index (χ4n) is 1.82. The van der Waals surface area contributed by atoms with Crippen LogP contribution in [-0.4, -0.2) is 28.5 Å². The molecule has 0 saturated heterocycles. The van der Waals surface area contributed by atoms with Crippen LogP contribution >= 0.6 is 24.2 Å². The molecule has 1 amide bonds. The zero-order valence-electron chi connectivity index (χ0n) is 11.8. The quantitative estimate of drug-likeness (QED) is 0.868. The summed E-state index contributed by atoms with van der Waals surface area (Å²) in [5.41, 5.74) is 7.47. The Hall–Kier alpha value is -1.44. The molecule has 0 radical (unpaired) electrons. The van der Waals surface area contributed by atoms with Gasteiger partial charge >= 0.3 is 5.76 Å². The summed E-state index contributed by atoms with van der Waals surface area (Å²) in [7, 11) is 1.63. The third-order valence-electron chi connectivity index (χ3n) is 3.03. The maximum Gasteiger partial charge on any atom is 0.419 e. The minimum absolute atomic E-state index is 0. The summed E-state index contributed by atoms with van der Waals surface area (Å²) in [5, 5.41) is 2.73. The van der Waals surface area contributed by atoms with Gasteiger partial charge in [-0.25, -0.2) is 4.79 Å². The van der Waals surface area contributed by atoms with E-state index in [1.54, 1.807) is 37.0 Å². The number of benzene rings is 1. The lowest BCUT2D eigenvalue weighted by Gasteiger charge is -2.11. The van der Waals surface area contributed by atoms with Crippen LogP contribution in [0.25, 0.3) is 11.1 Å². The minimum atomic E-state index is -0.541. The Morgan fingerprint density at radius 2 is 2.24 bits per heavy atom. The molecule has 3 N–H and O–H groups in total. The van der Waals surface area contributed by atoms with Gasteiger partial charge in [-0.05, 0) is 30.6 Å². The van der Waals surface area contributed by atoms with Gasteiger partial charge in [-0.3, -0.25) is 9.36 Å². The molecule has 1 heterocycles. The van der Waals surface area contributed by atoms with E-state index in [0.717, 1.165) is 5.75 Å². The lowest BCUT2D eigenvalue weighted by molar-refractivity contribution is -0.117. The van der Waals surface area contributed by atoms with Gasteiger partial charge in [0.2, 0.25) is 5.91 Å². The molecule has 0 fully saturated rings. The first-order valence-electron chi connectivity index (χ1n) is 6.18. The monoisotopic (exact) mass is 331 g/mol. The summed E-state index contributed by atoms with van der Waals surface area (Å²) in [6.45, 7) is 0. The second-order valence-electron chi connectivity index (χ2n) is 4.49. The maximum absolute atomic E-state index is 11.9. The van der Waals surface area contributed by atoms with Crippen molar-refractivity contribution in [3.63, 3.8) is 0 Å². The summed E-state index contributed by atoms with van der Waals surface area (Å²) < 4.78 is 6.48. The molecular formula is C13H18ClN3O3S. The topological polar surface area (TPSA) is 90.3 Å². The summed E-state index contributed by atoms with van der Waals surface area (Å²) in [6.07, 6.45) is 2.59. The predicted molar refractivity (Wildman–Crippen MR) is 88.3 cm³/mol. The van der Waals surface area contributed by atoms with Crippen LogP contribution in [0.4, 0.5) is 5.69 Å². The third kappa shape index (κ3) is 4.03. The molecule has 0 aliphatic heterocycles. The number of thioether (sulfide) groups is 1. The van der Waals surface area contributed by atoms with Gasteiger partial charge in [0.25, 0.3) is 0 Å². The number of nitrogens with zero attached hydrogens (tertiary/aromatic N) is 1. The number of rotatable bonds is 5. The number of carbonyl (C=O) groups excluding carboxylic acids is 1. The number of hydrogen-bond acceptors (Lipinski definition) is 5. The lowest BCUT2D eigenvalue weighted by atomic mass is 10.2. The van der Waals surface area contributed by atoms with Crippen LogP contribution in [0.1, 0.15) is 6.42 Å². The molecule has 6 nitrogen and oxygen atoms in total. The molecule has 21 heavy (non-hydrogen) atoms. The van der Waals surface area contributed by atoms with E-state index in [9.17, 15) is 9.59 Å². The molecule has 8 heteroatoms. The lowest BCUT2D eigenvalue weighted by Crippen LogP contribution is -2.36. The molecule has 0 bridgehead atoms. The number of nitrogens with one attached hydrogen (secondary N) is 1. The van der Waals surface area contributed by atoms with Gasteiger partial charge in [-0.2, -0.15) is 11.8 Å². The van der Waals surface area contributed by atoms with Crippen LogP contribution in [0.3, 0.4) is 0 Å². The van der Waals surface area contributed by atoms with Gasteiger partial charge in [-0.15, -0.1) is 12.4 Å². The highest BCUT2D eigenvalue weighted by Crippen LogP contribution is 2.18. The number of carbonyl (C=O) groups is 1. The van der Waals surface area contributed by atoms with Crippen LogP contribution in [0, 0.1) is 0 Å². The molecule has 0 saturated carbocycles. The Balaban J connectivity index is 0.00000220. The normalized spacial score (nSPS) is 12.0. The molecule has 1 aromatic heterocycles. The van der Waals surface area contributed by atoms with Crippen molar-refractivity contribution in [2.75, 3.05) is 17.3 Å². The first kappa shape index (κ1) is 17.6. The second kappa shape index (κ2) is 7.53. The Bertz CT molecular complexity index is 683. The summed E-state index contributed by atoms with van der Waals surface area (Å²) in [5.74, 6) is 0.165. The van der Waals surface area contributed by atoms with Crippen LogP contribution in [0.5, 0.6) is 0 Å². The van der Waals surface area contributed by atoms with E-state index < -0.39 is 11.8 Å². The van der Waals surface area contributed by atoms with Crippen LogP contribution < -0.4 is 16.8 Å². The number of anilines is 1. The maximum atomic E-state index is 11.9. The number of halogens is 1. The number of aryl methyl sites for hydroxylation is 1. The standard InChI is InChI=1S/C13H17N3O3S.ClH/c1-16-10-4-3-8(7-11(10)19-13(16)18)15-12(17)9(14)5-6-20-2;/h3-4,7,9H,5-6,14H2,1-2H3,(H,15,17);1H/t9-;/m0./s1.